The third kappa shape index (κ3) is 3.19. The van der Waals surface area contributed by atoms with Crippen LogP contribution in [0.5, 0.6) is 5.75 Å². The first-order valence-corrected chi connectivity index (χ1v) is 6.34. The maximum Gasteiger partial charge on any atom is 0.289 e. The number of nitro benzene ring substituents is 1. The van der Waals surface area contributed by atoms with Crippen molar-refractivity contribution in [3.8, 4) is 5.75 Å². The van der Waals surface area contributed by atoms with E-state index in [2.05, 4.69) is 5.32 Å². The predicted octanol–water partition coefficient (Wildman–Crippen LogP) is 4.13. The highest BCUT2D eigenvalue weighted by atomic mass is 35.5. The third-order valence-corrected chi connectivity index (χ3v) is 3.22. The van der Waals surface area contributed by atoms with Gasteiger partial charge in [0.15, 0.2) is 0 Å². The summed E-state index contributed by atoms with van der Waals surface area (Å²) in [7, 11) is 0. The lowest BCUT2D eigenvalue weighted by Gasteiger charge is -2.16. The van der Waals surface area contributed by atoms with E-state index in [1.807, 2.05) is 13.0 Å². The largest absolute Gasteiger partial charge is 0.508 e. The molecule has 5 nitrogen and oxygen atoms in total. The molecule has 1 unspecified atom stereocenters. The van der Waals surface area contributed by atoms with Gasteiger partial charge in [-0.25, -0.2) is 0 Å². The van der Waals surface area contributed by atoms with Gasteiger partial charge in [-0.1, -0.05) is 23.7 Å². The quantitative estimate of drug-likeness (QED) is 0.656. The molecular weight excluding hydrogens is 280 g/mol. The highest BCUT2D eigenvalue weighted by molar-refractivity contribution is 6.32. The zero-order valence-corrected chi connectivity index (χ0v) is 11.5. The zero-order chi connectivity index (χ0) is 14.7. The molecule has 0 heterocycles. The number of nitro groups is 1. The summed E-state index contributed by atoms with van der Waals surface area (Å²) in [6.07, 6.45) is 0. The fraction of sp³-hybridized carbons (Fsp3) is 0.143. The van der Waals surface area contributed by atoms with Crippen molar-refractivity contribution < 1.29 is 10.0 Å². The molecule has 6 heteroatoms. The molecule has 0 aliphatic rings. The number of benzene rings is 2. The van der Waals surface area contributed by atoms with Gasteiger partial charge in [0.25, 0.3) is 5.69 Å². The second kappa shape index (κ2) is 5.79. The van der Waals surface area contributed by atoms with Crippen LogP contribution in [0.25, 0.3) is 0 Å². The number of aromatic hydroxyl groups is 1. The van der Waals surface area contributed by atoms with Crippen LogP contribution in [0.1, 0.15) is 18.5 Å². The van der Waals surface area contributed by atoms with E-state index in [0.717, 1.165) is 5.56 Å². The van der Waals surface area contributed by atoms with Gasteiger partial charge in [-0.15, -0.1) is 0 Å². The van der Waals surface area contributed by atoms with E-state index in [9.17, 15) is 15.2 Å². The minimum absolute atomic E-state index is 0.102. The summed E-state index contributed by atoms with van der Waals surface area (Å²) in [6, 6.07) is 11.3. The molecule has 0 saturated carbocycles. The molecule has 2 aromatic carbocycles. The molecule has 1 atom stereocenters. The summed E-state index contributed by atoms with van der Waals surface area (Å²) < 4.78 is 0. The first-order valence-electron chi connectivity index (χ1n) is 5.97. The van der Waals surface area contributed by atoms with Crippen LogP contribution in [-0.2, 0) is 0 Å². The fourth-order valence-electron chi connectivity index (χ4n) is 1.87. The van der Waals surface area contributed by atoms with Crippen molar-refractivity contribution in [2.24, 2.45) is 0 Å². The third-order valence-electron chi connectivity index (χ3n) is 2.90. The van der Waals surface area contributed by atoms with Gasteiger partial charge in [-0.05, 0) is 36.8 Å². The maximum absolute atomic E-state index is 10.8. The van der Waals surface area contributed by atoms with E-state index >= 15 is 0 Å². The van der Waals surface area contributed by atoms with Crippen LogP contribution in [0, 0.1) is 10.1 Å². The lowest BCUT2D eigenvalue weighted by Crippen LogP contribution is -2.06. The molecule has 0 aromatic heterocycles. The molecule has 0 radical (unpaired) electrons. The molecule has 2 N–H and O–H groups in total. The standard InChI is InChI=1S/C14H13ClN2O3/c1-9(10-3-2-4-12(18)7-10)16-11-5-6-13(15)14(8-11)17(19)20/h2-9,16,18H,1H3. The lowest BCUT2D eigenvalue weighted by atomic mass is 10.1. The van der Waals surface area contributed by atoms with Crippen LogP contribution >= 0.6 is 11.6 Å². The van der Waals surface area contributed by atoms with Crippen LogP contribution in [0.15, 0.2) is 42.5 Å². The molecule has 2 aromatic rings. The van der Waals surface area contributed by atoms with E-state index in [1.165, 1.54) is 12.1 Å². The van der Waals surface area contributed by atoms with E-state index in [1.54, 1.807) is 24.3 Å². The van der Waals surface area contributed by atoms with Gasteiger partial charge < -0.3 is 10.4 Å². The van der Waals surface area contributed by atoms with E-state index in [-0.39, 0.29) is 22.5 Å². The van der Waals surface area contributed by atoms with Crippen LogP contribution in [-0.4, -0.2) is 10.0 Å². The molecule has 104 valence electrons. The summed E-state index contributed by atoms with van der Waals surface area (Å²) in [5.41, 5.74) is 1.33. The minimum Gasteiger partial charge on any atom is -0.508 e. The van der Waals surface area contributed by atoms with Crippen molar-refractivity contribution in [2.45, 2.75) is 13.0 Å². The lowest BCUT2D eigenvalue weighted by molar-refractivity contribution is -0.384. The Morgan fingerprint density at radius 2 is 2.05 bits per heavy atom. The topological polar surface area (TPSA) is 75.4 Å². The predicted molar refractivity (Wildman–Crippen MR) is 78.3 cm³/mol. The molecule has 0 fully saturated rings. The van der Waals surface area contributed by atoms with Gasteiger partial charge in [0.05, 0.1) is 4.92 Å². The summed E-state index contributed by atoms with van der Waals surface area (Å²) in [5, 5.41) is 23.5. The number of halogens is 1. The molecule has 20 heavy (non-hydrogen) atoms. The van der Waals surface area contributed by atoms with Crippen molar-refractivity contribution in [3.05, 3.63) is 63.2 Å². The number of anilines is 1. The first kappa shape index (κ1) is 14.1. The molecule has 0 aliphatic carbocycles. The van der Waals surface area contributed by atoms with Crippen molar-refractivity contribution in [2.75, 3.05) is 5.32 Å². The number of nitrogens with one attached hydrogen (secondary N) is 1. The molecule has 2 rings (SSSR count). The van der Waals surface area contributed by atoms with E-state index < -0.39 is 4.92 Å². The Kier molecular flexibility index (Phi) is 4.10. The maximum atomic E-state index is 10.8. The van der Waals surface area contributed by atoms with Crippen LogP contribution in [0.4, 0.5) is 11.4 Å². The van der Waals surface area contributed by atoms with Gasteiger partial charge >= 0.3 is 0 Å². The minimum atomic E-state index is -0.521. The highest BCUT2D eigenvalue weighted by Crippen LogP contribution is 2.29. The number of phenols is 1. The van der Waals surface area contributed by atoms with Crippen molar-refractivity contribution in [3.63, 3.8) is 0 Å². The Labute approximate surface area is 121 Å². The van der Waals surface area contributed by atoms with E-state index in [0.29, 0.717) is 5.69 Å². The van der Waals surface area contributed by atoms with Crippen molar-refractivity contribution in [1.29, 1.82) is 0 Å². The average Bonchev–Trinajstić information content (AvgIpc) is 2.40. The number of nitrogens with zero attached hydrogens (tertiary/aromatic N) is 1. The SMILES string of the molecule is CC(Nc1ccc(Cl)c([N+](=O)[O-])c1)c1cccc(O)c1. The number of rotatable bonds is 4. The molecule has 0 aliphatic heterocycles. The normalized spacial score (nSPS) is 11.9. The number of hydrogen-bond donors (Lipinski definition) is 2. The smallest absolute Gasteiger partial charge is 0.289 e. The Morgan fingerprint density at radius 3 is 2.70 bits per heavy atom. The molecule has 0 saturated heterocycles. The second-order valence-corrected chi connectivity index (χ2v) is 4.79. The number of phenolic OH excluding ortho intramolecular Hbond substituents is 1. The highest BCUT2D eigenvalue weighted by Gasteiger charge is 2.14. The Bertz CT molecular complexity index is 646. The monoisotopic (exact) mass is 292 g/mol. The van der Waals surface area contributed by atoms with Crippen molar-refractivity contribution in [1.82, 2.24) is 0 Å². The molecule has 0 bridgehead atoms. The average molecular weight is 293 g/mol. The molecule has 0 spiro atoms. The molecular formula is C14H13ClN2O3. The van der Waals surface area contributed by atoms with Crippen LogP contribution in [0.3, 0.4) is 0 Å². The summed E-state index contributed by atoms with van der Waals surface area (Å²) in [6.45, 7) is 1.90. The summed E-state index contributed by atoms with van der Waals surface area (Å²) in [4.78, 5) is 10.3. The summed E-state index contributed by atoms with van der Waals surface area (Å²) >= 11 is 5.76. The van der Waals surface area contributed by atoms with Crippen molar-refractivity contribution >= 4 is 23.0 Å². The second-order valence-electron chi connectivity index (χ2n) is 4.38. The zero-order valence-electron chi connectivity index (χ0n) is 10.7. The van der Waals surface area contributed by atoms with Gasteiger partial charge in [-0.3, -0.25) is 10.1 Å². The van der Waals surface area contributed by atoms with Gasteiger partial charge in [0, 0.05) is 17.8 Å². The van der Waals surface area contributed by atoms with Crippen LogP contribution < -0.4 is 5.32 Å². The Balaban J connectivity index is 2.22. The fourth-order valence-corrected chi connectivity index (χ4v) is 2.06. The number of hydrogen-bond acceptors (Lipinski definition) is 4. The first-order chi connectivity index (χ1) is 9.47. The molecule has 0 amide bonds. The van der Waals surface area contributed by atoms with E-state index in [4.69, 9.17) is 11.6 Å². The Hall–Kier alpha value is -2.27. The van der Waals surface area contributed by atoms with Crippen LogP contribution in [0.2, 0.25) is 5.02 Å². The van der Waals surface area contributed by atoms with Gasteiger partial charge in [0.1, 0.15) is 10.8 Å². The van der Waals surface area contributed by atoms with Gasteiger partial charge in [-0.2, -0.15) is 0 Å². The summed E-state index contributed by atoms with van der Waals surface area (Å²) in [5.74, 6) is 0.179. The Morgan fingerprint density at radius 1 is 1.30 bits per heavy atom. The van der Waals surface area contributed by atoms with Gasteiger partial charge in [0.2, 0.25) is 0 Å².